The van der Waals surface area contributed by atoms with Gasteiger partial charge in [-0.2, -0.15) is 8.42 Å². The lowest BCUT2D eigenvalue weighted by Crippen LogP contribution is -2.12. The Hall–Kier alpha value is -0.390. The van der Waals surface area contributed by atoms with E-state index in [1.54, 1.807) is 0 Å². The molecule has 0 aliphatic heterocycles. The van der Waals surface area contributed by atoms with Gasteiger partial charge in [0.2, 0.25) is 0 Å². The van der Waals surface area contributed by atoms with Crippen LogP contribution in [0.25, 0.3) is 0 Å². The summed E-state index contributed by atoms with van der Waals surface area (Å²) in [6.45, 7) is 4.61. The molecule has 0 rings (SSSR count). The smallest absolute Gasteiger partial charge is 0.264 e. The Bertz CT molecular complexity index is 676. The molecule has 44 heavy (non-hydrogen) atoms. The second-order valence-electron chi connectivity index (χ2n) is 13.7. The summed E-state index contributed by atoms with van der Waals surface area (Å²) < 4.78 is 36.0. The predicted octanol–water partition coefficient (Wildman–Crippen LogP) is 13.9. The molecule has 1 atom stereocenters. The first kappa shape index (κ1) is 43.6. The highest BCUT2D eigenvalue weighted by Gasteiger charge is 2.11. The summed E-state index contributed by atoms with van der Waals surface area (Å²) in [6, 6.07) is 0. The molecule has 0 heterocycles. The van der Waals surface area contributed by atoms with Crippen molar-refractivity contribution < 1.29 is 17.2 Å². The molecule has 0 aliphatic rings. The van der Waals surface area contributed by atoms with Crippen molar-refractivity contribution in [2.75, 3.05) is 6.61 Å². The zero-order valence-corrected chi connectivity index (χ0v) is 30.7. The van der Waals surface area contributed by atoms with E-state index in [-0.39, 0.29) is 12.5 Å². The first-order chi connectivity index (χ1) is 21.5. The van der Waals surface area contributed by atoms with E-state index in [2.05, 4.69) is 26.0 Å². The summed E-state index contributed by atoms with van der Waals surface area (Å²) in [6.07, 6.45) is 48.5. The standard InChI is InChI=1S/C39H78O4S/c1-3-5-7-9-11-13-15-17-19-21-23-25-27-29-31-33-35-37-39(38-43-44(40,41)42)36-34-32-30-28-26-24-22-20-18-16-14-12-10-8-6-4-2/h35,37,39H,3-34,36,38H2,1-2H3,(H,40,41,42)/b37-35+. The molecular formula is C39H78O4S. The highest BCUT2D eigenvalue weighted by atomic mass is 32.3. The molecule has 0 bridgehead atoms. The van der Waals surface area contributed by atoms with Gasteiger partial charge in [-0.1, -0.05) is 219 Å². The second kappa shape index (κ2) is 35.5. The van der Waals surface area contributed by atoms with Crippen LogP contribution < -0.4 is 0 Å². The van der Waals surface area contributed by atoms with Gasteiger partial charge in [-0.05, 0) is 19.3 Å². The summed E-state index contributed by atoms with van der Waals surface area (Å²) in [5.74, 6) is 0.0555. The van der Waals surface area contributed by atoms with Crippen LogP contribution in [-0.4, -0.2) is 19.6 Å². The molecule has 1 unspecified atom stereocenters. The molecule has 5 heteroatoms. The normalized spacial score (nSPS) is 12.9. The summed E-state index contributed by atoms with van der Waals surface area (Å²) in [4.78, 5) is 0. The van der Waals surface area contributed by atoms with Gasteiger partial charge >= 0.3 is 10.4 Å². The van der Waals surface area contributed by atoms with Gasteiger partial charge in [-0.15, -0.1) is 0 Å². The average Bonchev–Trinajstić information content (AvgIpc) is 3.00. The highest BCUT2D eigenvalue weighted by molar-refractivity contribution is 7.80. The number of rotatable bonds is 37. The molecule has 0 radical (unpaired) electrons. The van der Waals surface area contributed by atoms with Crippen molar-refractivity contribution in [3.8, 4) is 0 Å². The van der Waals surface area contributed by atoms with Gasteiger partial charge in [0, 0.05) is 5.92 Å². The van der Waals surface area contributed by atoms with Crippen molar-refractivity contribution in [2.45, 2.75) is 226 Å². The monoisotopic (exact) mass is 643 g/mol. The summed E-state index contributed by atoms with van der Waals surface area (Å²) in [5.41, 5.74) is 0. The van der Waals surface area contributed by atoms with E-state index < -0.39 is 10.4 Å². The maximum Gasteiger partial charge on any atom is 0.397 e. The Balaban J connectivity index is 3.72. The quantitative estimate of drug-likeness (QED) is 0.0416. The molecule has 0 aromatic carbocycles. The Morgan fingerprint density at radius 3 is 1.09 bits per heavy atom. The molecule has 0 saturated heterocycles. The highest BCUT2D eigenvalue weighted by Crippen LogP contribution is 2.18. The average molecular weight is 643 g/mol. The SMILES string of the molecule is CCCCCCCCCCCCCCCCC/C=C/C(CCCCCCCCCCCCCCCCCC)COS(=O)(=O)O. The largest absolute Gasteiger partial charge is 0.397 e. The minimum atomic E-state index is -4.38. The fourth-order valence-corrected chi connectivity index (χ4v) is 6.63. The van der Waals surface area contributed by atoms with Gasteiger partial charge in [0.25, 0.3) is 0 Å². The Kier molecular flexibility index (Phi) is 35.1. The fourth-order valence-electron chi connectivity index (χ4n) is 6.29. The second-order valence-corrected chi connectivity index (χ2v) is 14.8. The van der Waals surface area contributed by atoms with Crippen LogP contribution in [0.5, 0.6) is 0 Å². The maximum absolute atomic E-state index is 11.1. The third-order valence-electron chi connectivity index (χ3n) is 9.24. The topological polar surface area (TPSA) is 63.6 Å². The third kappa shape index (κ3) is 37.8. The van der Waals surface area contributed by atoms with Gasteiger partial charge in [0.05, 0.1) is 6.61 Å². The van der Waals surface area contributed by atoms with Gasteiger partial charge in [0.1, 0.15) is 0 Å². The lowest BCUT2D eigenvalue weighted by molar-refractivity contribution is 0.234. The van der Waals surface area contributed by atoms with Gasteiger partial charge in [-0.3, -0.25) is 4.55 Å². The molecule has 0 spiro atoms. The molecule has 1 N–H and O–H groups in total. The third-order valence-corrected chi connectivity index (χ3v) is 9.68. The summed E-state index contributed by atoms with van der Waals surface area (Å²) >= 11 is 0. The van der Waals surface area contributed by atoms with E-state index in [0.29, 0.717) is 0 Å². The molecule has 264 valence electrons. The van der Waals surface area contributed by atoms with Crippen LogP contribution in [0.2, 0.25) is 0 Å². The molecule has 0 amide bonds. The van der Waals surface area contributed by atoms with Crippen molar-refractivity contribution in [3.05, 3.63) is 12.2 Å². The van der Waals surface area contributed by atoms with E-state index in [0.717, 1.165) is 19.3 Å². The van der Waals surface area contributed by atoms with Crippen molar-refractivity contribution in [2.24, 2.45) is 5.92 Å². The van der Waals surface area contributed by atoms with Crippen LogP contribution in [0.3, 0.4) is 0 Å². The number of hydrogen-bond donors (Lipinski definition) is 1. The predicted molar refractivity (Wildman–Crippen MR) is 194 cm³/mol. The maximum atomic E-state index is 11.1. The van der Waals surface area contributed by atoms with Gasteiger partial charge in [-0.25, -0.2) is 4.18 Å². The molecule has 0 saturated carbocycles. The first-order valence-corrected chi connectivity index (χ1v) is 21.1. The van der Waals surface area contributed by atoms with Crippen LogP contribution in [-0.2, 0) is 14.6 Å². The molecule has 4 nitrogen and oxygen atoms in total. The molecule has 0 aliphatic carbocycles. The van der Waals surface area contributed by atoms with Gasteiger partial charge in [0.15, 0.2) is 0 Å². The first-order valence-electron chi connectivity index (χ1n) is 19.8. The van der Waals surface area contributed by atoms with Crippen LogP contribution >= 0.6 is 0 Å². The van der Waals surface area contributed by atoms with Crippen LogP contribution in [0.1, 0.15) is 226 Å². The van der Waals surface area contributed by atoms with Crippen LogP contribution in [0.4, 0.5) is 0 Å². The van der Waals surface area contributed by atoms with Gasteiger partial charge < -0.3 is 0 Å². The number of allylic oxidation sites excluding steroid dienone is 1. The number of unbranched alkanes of at least 4 members (excludes halogenated alkanes) is 30. The number of hydrogen-bond acceptors (Lipinski definition) is 3. The van der Waals surface area contributed by atoms with E-state index in [9.17, 15) is 8.42 Å². The lowest BCUT2D eigenvalue weighted by Gasteiger charge is -2.12. The minimum absolute atomic E-state index is 0.0485. The van der Waals surface area contributed by atoms with E-state index >= 15 is 0 Å². The van der Waals surface area contributed by atoms with Crippen molar-refractivity contribution in [1.29, 1.82) is 0 Å². The van der Waals surface area contributed by atoms with Crippen molar-refractivity contribution >= 4 is 10.4 Å². The molecule has 0 aromatic heterocycles. The lowest BCUT2D eigenvalue weighted by atomic mass is 9.99. The van der Waals surface area contributed by atoms with E-state index in [1.165, 1.54) is 193 Å². The molecule has 0 fully saturated rings. The van der Waals surface area contributed by atoms with Crippen molar-refractivity contribution in [1.82, 2.24) is 0 Å². The Morgan fingerprint density at radius 1 is 0.477 bits per heavy atom. The fraction of sp³-hybridized carbons (Fsp3) is 0.949. The minimum Gasteiger partial charge on any atom is -0.264 e. The summed E-state index contributed by atoms with van der Waals surface area (Å²) in [7, 11) is -4.38. The summed E-state index contributed by atoms with van der Waals surface area (Å²) in [5, 5.41) is 0. The zero-order valence-electron chi connectivity index (χ0n) is 29.9. The van der Waals surface area contributed by atoms with E-state index in [1.807, 2.05) is 0 Å². The molecular weight excluding hydrogens is 564 g/mol. The van der Waals surface area contributed by atoms with Crippen LogP contribution in [0, 0.1) is 5.92 Å². The Morgan fingerprint density at radius 2 is 0.773 bits per heavy atom. The zero-order chi connectivity index (χ0) is 32.2. The van der Waals surface area contributed by atoms with Crippen molar-refractivity contribution in [3.63, 3.8) is 0 Å². The molecule has 0 aromatic rings. The van der Waals surface area contributed by atoms with E-state index in [4.69, 9.17) is 8.74 Å². The Labute approximate surface area is 277 Å². The van der Waals surface area contributed by atoms with Crippen LogP contribution in [0.15, 0.2) is 12.2 Å².